The molecular weight excluding hydrogens is 348 g/mol. The van der Waals surface area contributed by atoms with Gasteiger partial charge in [-0.15, -0.1) is 0 Å². The molecule has 0 spiro atoms. The van der Waals surface area contributed by atoms with Crippen molar-refractivity contribution in [2.75, 3.05) is 6.54 Å². The van der Waals surface area contributed by atoms with E-state index in [0.717, 1.165) is 29.5 Å². The van der Waals surface area contributed by atoms with E-state index in [1.807, 2.05) is 60.7 Å². The number of rotatable bonds is 8. The van der Waals surface area contributed by atoms with Gasteiger partial charge >= 0.3 is 6.09 Å². The standard InChI is InChI=1S/C24H26N2O2/c25-23(21-11-5-2-6-12-21)22-15-13-19(14-16-22)10-7-17-26-24(27)28-18-20-8-3-1-4-9-20/h1-6,8-9,11-16,23H,7,10,17-18,25H2,(H,26,27)/t23-/m0/s1. The van der Waals surface area contributed by atoms with E-state index < -0.39 is 0 Å². The Hall–Kier alpha value is -3.11. The summed E-state index contributed by atoms with van der Waals surface area (Å²) >= 11 is 0. The molecule has 0 radical (unpaired) electrons. The van der Waals surface area contributed by atoms with Crippen molar-refractivity contribution in [3.63, 3.8) is 0 Å². The fourth-order valence-electron chi connectivity index (χ4n) is 3.00. The van der Waals surface area contributed by atoms with Crippen molar-refractivity contribution in [3.05, 3.63) is 107 Å². The summed E-state index contributed by atoms with van der Waals surface area (Å²) in [5, 5.41) is 2.79. The lowest BCUT2D eigenvalue weighted by Gasteiger charge is -2.13. The van der Waals surface area contributed by atoms with Crippen LogP contribution in [0.1, 0.15) is 34.7 Å². The van der Waals surface area contributed by atoms with Crippen LogP contribution < -0.4 is 11.1 Å². The van der Waals surface area contributed by atoms with Crippen LogP contribution in [0.15, 0.2) is 84.9 Å². The third-order valence-electron chi connectivity index (χ3n) is 4.62. The Labute approximate surface area is 166 Å². The van der Waals surface area contributed by atoms with Crippen LogP contribution in [-0.2, 0) is 17.8 Å². The molecule has 3 N–H and O–H groups in total. The first-order chi connectivity index (χ1) is 13.7. The number of benzene rings is 3. The summed E-state index contributed by atoms with van der Waals surface area (Å²) in [4.78, 5) is 11.7. The molecule has 144 valence electrons. The first kappa shape index (κ1) is 19.6. The molecule has 0 aromatic heterocycles. The maximum atomic E-state index is 11.7. The van der Waals surface area contributed by atoms with E-state index in [9.17, 15) is 4.79 Å². The molecule has 3 rings (SSSR count). The summed E-state index contributed by atoms with van der Waals surface area (Å²) in [5.74, 6) is 0. The van der Waals surface area contributed by atoms with Crippen LogP contribution >= 0.6 is 0 Å². The summed E-state index contributed by atoms with van der Waals surface area (Å²) in [6, 6.07) is 28.0. The highest BCUT2D eigenvalue weighted by Gasteiger charge is 2.08. The second-order valence-electron chi connectivity index (χ2n) is 6.72. The number of carbonyl (C=O) groups excluding carboxylic acids is 1. The lowest BCUT2D eigenvalue weighted by molar-refractivity contribution is 0.139. The minimum Gasteiger partial charge on any atom is -0.445 e. The van der Waals surface area contributed by atoms with Gasteiger partial charge in [0.2, 0.25) is 0 Å². The van der Waals surface area contributed by atoms with Crippen molar-refractivity contribution < 1.29 is 9.53 Å². The Kier molecular flexibility index (Phi) is 7.21. The molecule has 1 amide bonds. The molecule has 0 saturated heterocycles. The molecular formula is C24H26N2O2. The molecule has 0 fully saturated rings. The number of hydrogen-bond acceptors (Lipinski definition) is 3. The monoisotopic (exact) mass is 374 g/mol. The molecule has 0 bridgehead atoms. The zero-order valence-electron chi connectivity index (χ0n) is 15.9. The number of aryl methyl sites for hydroxylation is 1. The van der Waals surface area contributed by atoms with E-state index in [1.165, 1.54) is 5.56 Å². The maximum Gasteiger partial charge on any atom is 0.407 e. The third-order valence-corrected chi connectivity index (χ3v) is 4.62. The quantitative estimate of drug-likeness (QED) is 0.567. The zero-order chi connectivity index (χ0) is 19.6. The van der Waals surface area contributed by atoms with Gasteiger partial charge in [0.05, 0.1) is 6.04 Å². The summed E-state index contributed by atoms with van der Waals surface area (Å²) in [5.41, 5.74) is 10.7. The van der Waals surface area contributed by atoms with Crippen molar-refractivity contribution >= 4 is 6.09 Å². The summed E-state index contributed by atoms with van der Waals surface area (Å²) in [7, 11) is 0. The van der Waals surface area contributed by atoms with Gasteiger partial charge < -0.3 is 15.8 Å². The van der Waals surface area contributed by atoms with Gasteiger partial charge in [-0.3, -0.25) is 0 Å². The smallest absolute Gasteiger partial charge is 0.407 e. The molecule has 3 aromatic rings. The zero-order valence-corrected chi connectivity index (χ0v) is 15.9. The molecule has 0 aliphatic heterocycles. The molecule has 0 unspecified atom stereocenters. The van der Waals surface area contributed by atoms with Gasteiger partial charge in [-0.2, -0.15) is 0 Å². The number of alkyl carbamates (subject to hydrolysis) is 1. The van der Waals surface area contributed by atoms with Crippen LogP contribution in [0, 0.1) is 0 Å². The average Bonchev–Trinajstić information content (AvgIpc) is 2.76. The van der Waals surface area contributed by atoms with Crippen LogP contribution in [0.25, 0.3) is 0 Å². The van der Waals surface area contributed by atoms with E-state index in [-0.39, 0.29) is 18.7 Å². The molecule has 0 saturated carbocycles. The average molecular weight is 374 g/mol. The highest BCUT2D eigenvalue weighted by molar-refractivity contribution is 5.67. The molecule has 0 heterocycles. The Balaban J connectivity index is 1.37. The van der Waals surface area contributed by atoms with E-state index >= 15 is 0 Å². The number of nitrogens with one attached hydrogen (secondary N) is 1. The molecule has 4 heteroatoms. The SMILES string of the molecule is N[C@@H](c1ccccc1)c1ccc(CCCNC(=O)OCc2ccccc2)cc1. The Morgan fingerprint density at radius 3 is 2.11 bits per heavy atom. The Morgan fingerprint density at radius 1 is 0.821 bits per heavy atom. The van der Waals surface area contributed by atoms with E-state index in [1.54, 1.807) is 0 Å². The second-order valence-corrected chi connectivity index (χ2v) is 6.72. The lowest BCUT2D eigenvalue weighted by atomic mass is 9.98. The third kappa shape index (κ3) is 5.96. The van der Waals surface area contributed by atoms with Crippen molar-refractivity contribution in [1.29, 1.82) is 0 Å². The Bertz CT molecular complexity index is 849. The minimum atomic E-state index is -0.381. The van der Waals surface area contributed by atoms with Gasteiger partial charge in [0.25, 0.3) is 0 Å². The van der Waals surface area contributed by atoms with Crippen LogP contribution in [0.2, 0.25) is 0 Å². The fraction of sp³-hybridized carbons (Fsp3) is 0.208. The van der Waals surface area contributed by atoms with E-state index in [4.69, 9.17) is 10.5 Å². The highest BCUT2D eigenvalue weighted by atomic mass is 16.5. The van der Waals surface area contributed by atoms with Gasteiger partial charge in [0.15, 0.2) is 0 Å². The molecule has 28 heavy (non-hydrogen) atoms. The maximum absolute atomic E-state index is 11.7. The predicted molar refractivity (Wildman–Crippen MR) is 112 cm³/mol. The number of hydrogen-bond donors (Lipinski definition) is 2. The molecule has 3 aromatic carbocycles. The molecule has 4 nitrogen and oxygen atoms in total. The number of carbonyl (C=O) groups is 1. The van der Waals surface area contributed by atoms with Gasteiger partial charge in [-0.1, -0.05) is 84.9 Å². The van der Waals surface area contributed by atoms with Crippen LogP contribution in [0.3, 0.4) is 0 Å². The predicted octanol–water partition coefficient (Wildman–Crippen LogP) is 4.59. The van der Waals surface area contributed by atoms with Crippen molar-refractivity contribution in [2.45, 2.75) is 25.5 Å². The summed E-state index contributed by atoms with van der Waals surface area (Å²) in [6.45, 7) is 0.870. The van der Waals surface area contributed by atoms with Crippen molar-refractivity contribution in [1.82, 2.24) is 5.32 Å². The van der Waals surface area contributed by atoms with Crippen LogP contribution in [0.4, 0.5) is 4.79 Å². The normalized spacial score (nSPS) is 11.6. The first-order valence-electron chi connectivity index (χ1n) is 9.56. The van der Waals surface area contributed by atoms with Gasteiger partial charge in [0.1, 0.15) is 6.61 Å². The topological polar surface area (TPSA) is 64.3 Å². The highest BCUT2D eigenvalue weighted by Crippen LogP contribution is 2.20. The van der Waals surface area contributed by atoms with Crippen LogP contribution in [0.5, 0.6) is 0 Å². The van der Waals surface area contributed by atoms with Crippen molar-refractivity contribution in [2.24, 2.45) is 5.73 Å². The second kappa shape index (κ2) is 10.3. The number of ether oxygens (including phenoxy) is 1. The van der Waals surface area contributed by atoms with Crippen molar-refractivity contribution in [3.8, 4) is 0 Å². The minimum absolute atomic E-state index is 0.115. The first-order valence-corrected chi connectivity index (χ1v) is 9.56. The summed E-state index contributed by atoms with van der Waals surface area (Å²) < 4.78 is 5.20. The lowest BCUT2D eigenvalue weighted by Crippen LogP contribution is -2.25. The van der Waals surface area contributed by atoms with E-state index in [0.29, 0.717) is 6.54 Å². The summed E-state index contributed by atoms with van der Waals surface area (Å²) in [6.07, 6.45) is 1.36. The molecule has 0 aliphatic carbocycles. The van der Waals surface area contributed by atoms with Gasteiger partial charge in [-0.25, -0.2) is 4.79 Å². The van der Waals surface area contributed by atoms with E-state index in [2.05, 4.69) is 29.6 Å². The largest absolute Gasteiger partial charge is 0.445 e. The molecule has 0 aliphatic rings. The Morgan fingerprint density at radius 2 is 1.43 bits per heavy atom. The molecule has 1 atom stereocenters. The van der Waals surface area contributed by atoms with Gasteiger partial charge in [-0.05, 0) is 35.1 Å². The fourth-order valence-corrected chi connectivity index (χ4v) is 3.00. The number of nitrogens with two attached hydrogens (primary N) is 1. The van der Waals surface area contributed by atoms with Gasteiger partial charge in [0, 0.05) is 6.54 Å². The van der Waals surface area contributed by atoms with Crippen LogP contribution in [-0.4, -0.2) is 12.6 Å². The number of amides is 1.